The second-order valence-electron chi connectivity index (χ2n) is 8.45. The Morgan fingerprint density at radius 1 is 1.00 bits per heavy atom. The van der Waals surface area contributed by atoms with Crippen LogP contribution in [0.2, 0.25) is 18.1 Å². The molecule has 0 nitrogen and oxygen atoms in total. The molecule has 2 fully saturated rings. The van der Waals surface area contributed by atoms with Gasteiger partial charge in [-0.2, -0.15) is 0 Å². The van der Waals surface area contributed by atoms with Gasteiger partial charge < -0.3 is 0 Å². The molecular weight excluding hydrogens is 280 g/mol. The van der Waals surface area contributed by atoms with Crippen LogP contribution in [0.3, 0.4) is 0 Å². The lowest BCUT2D eigenvalue weighted by Crippen LogP contribution is -2.35. The maximum Gasteiger partial charge on any atom is 0.137 e. The van der Waals surface area contributed by atoms with E-state index < -0.39 is 8.07 Å². The molecule has 2 saturated carbocycles. The Morgan fingerprint density at radius 2 is 1.64 bits per heavy atom. The summed E-state index contributed by atoms with van der Waals surface area (Å²) in [6.45, 7) is 11.7. The smallest absolute Gasteiger partial charge is 0.131 e. The van der Waals surface area contributed by atoms with E-state index in [1.54, 1.807) is 11.1 Å². The van der Waals surface area contributed by atoms with E-state index in [2.05, 4.69) is 57.2 Å². The molecule has 0 aromatic carbocycles. The van der Waals surface area contributed by atoms with E-state index in [1.165, 1.54) is 25.7 Å². The highest BCUT2D eigenvalue weighted by Gasteiger charge is 2.35. The largest absolute Gasteiger partial charge is 0.137 e. The minimum absolute atomic E-state index is 0.372. The molecule has 120 valence electrons. The molecule has 2 aliphatic rings. The molecule has 22 heavy (non-hydrogen) atoms. The van der Waals surface area contributed by atoms with E-state index in [9.17, 15) is 0 Å². The molecular formula is C21H32Si. The highest BCUT2D eigenvalue weighted by Crippen LogP contribution is 2.50. The van der Waals surface area contributed by atoms with Gasteiger partial charge in [0.25, 0.3) is 0 Å². The lowest BCUT2D eigenvalue weighted by Gasteiger charge is -2.31. The normalized spacial score (nSPS) is 20.0. The average molecular weight is 313 g/mol. The molecule has 1 atom stereocenters. The second kappa shape index (κ2) is 7.10. The molecule has 0 N–H and O–H groups in total. The highest BCUT2D eigenvalue weighted by atomic mass is 28.3. The van der Waals surface area contributed by atoms with Crippen LogP contribution in [-0.4, -0.2) is 8.07 Å². The van der Waals surface area contributed by atoms with Gasteiger partial charge in [0.05, 0.1) is 0 Å². The van der Waals surface area contributed by atoms with Crippen LogP contribution in [0.1, 0.15) is 72.1 Å². The quantitative estimate of drug-likeness (QED) is 0.254. The predicted molar refractivity (Wildman–Crippen MR) is 100 cm³/mol. The van der Waals surface area contributed by atoms with E-state index in [4.69, 9.17) is 0 Å². The highest BCUT2D eigenvalue weighted by molar-refractivity contribution is 6.87. The van der Waals surface area contributed by atoms with E-state index in [0.29, 0.717) is 5.04 Å². The van der Waals surface area contributed by atoms with Gasteiger partial charge >= 0.3 is 0 Å². The molecule has 0 radical (unpaired) electrons. The van der Waals surface area contributed by atoms with E-state index in [0.717, 1.165) is 31.6 Å². The minimum Gasteiger partial charge on any atom is -0.131 e. The maximum atomic E-state index is 3.58. The first-order valence-corrected chi connectivity index (χ1v) is 12.0. The van der Waals surface area contributed by atoms with Crippen LogP contribution in [0.25, 0.3) is 0 Å². The van der Waals surface area contributed by atoms with Crippen LogP contribution in [-0.2, 0) is 0 Å². The number of unbranched alkanes of at least 4 members (excludes halogenated alkanes) is 2. The zero-order valence-electron chi connectivity index (χ0n) is 15.2. The van der Waals surface area contributed by atoms with Gasteiger partial charge in [-0.25, -0.2) is 0 Å². The molecule has 0 spiro atoms. The molecule has 0 saturated heterocycles. The zero-order chi connectivity index (χ0) is 16.2. The third-order valence-corrected chi connectivity index (χ3v) is 9.93. The molecule has 0 aliphatic heterocycles. The molecule has 0 aromatic heterocycles. The van der Waals surface area contributed by atoms with Crippen molar-refractivity contribution in [1.29, 1.82) is 0 Å². The maximum absolute atomic E-state index is 3.58. The summed E-state index contributed by atoms with van der Waals surface area (Å²) in [5.41, 5.74) is 7.15. The van der Waals surface area contributed by atoms with Gasteiger partial charge in [0.1, 0.15) is 8.07 Å². The van der Waals surface area contributed by atoms with Crippen LogP contribution in [0.4, 0.5) is 0 Å². The zero-order valence-corrected chi connectivity index (χ0v) is 16.2. The first-order valence-electron chi connectivity index (χ1n) is 8.98. The number of rotatable bonds is 4. The van der Waals surface area contributed by atoms with Gasteiger partial charge in [-0.1, -0.05) is 45.0 Å². The topological polar surface area (TPSA) is 0 Å². The van der Waals surface area contributed by atoms with Crippen molar-refractivity contribution in [2.24, 2.45) is 5.92 Å². The molecule has 0 heterocycles. The fourth-order valence-electron chi connectivity index (χ4n) is 2.46. The van der Waals surface area contributed by atoms with Crippen molar-refractivity contribution in [1.82, 2.24) is 0 Å². The summed E-state index contributed by atoms with van der Waals surface area (Å²) < 4.78 is 0. The van der Waals surface area contributed by atoms with Crippen LogP contribution in [0.15, 0.2) is 11.1 Å². The first-order chi connectivity index (χ1) is 10.3. The monoisotopic (exact) mass is 312 g/mol. The van der Waals surface area contributed by atoms with Crippen molar-refractivity contribution < 1.29 is 0 Å². The van der Waals surface area contributed by atoms with E-state index in [-0.39, 0.29) is 0 Å². The Kier molecular flexibility index (Phi) is 5.63. The Morgan fingerprint density at radius 3 is 2.27 bits per heavy atom. The third-order valence-electron chi connectivity index (χ3n) is 5.38. The summed E-state index contributed by atoms with van der Waals surface area (Å²) in [4.78, 5) is 0. The summed E-state index contributed by atoms with van der Waals surface area (Å²) in [6.07, 6.45) is 9.74. The Bertz CT molecular complexity index is 543. The summed E-state index contributed by atoms with van der Waals surface area (Å²) in [5.74, 6) is 11.0. The van der Waals surface area contributed by atoms with Crippen LogP contribution < -0.4 is 0 Å². The SMILES string of the molecule is CC(C)(C)[Si](C)(C)C#CCCCC#CCCC1CC1=C1CC1. The van der Waals surface area contributed by atoms with E-state index in [1.807, 2.05) is 0 Å². The van der Waals surface area contributed by atoms with E-state index >= 15 is 0 Å². The molecule has 2 aliphatic carbocycles. The standard InChI is InChI=1S/C21H32Si/c1-21(2,3)22(4,5)16-12-10-8-6-7-9-11-13-19-17-20(19)18-14-15-18/h19H,6,8,10-11,13-15,17H2,1-5H3. The molecule has 0 aromatic rings. The minimum atomic E-state index is -1.40. The Hall–Kier alpha value is -0.923. The summed E-state index contributed by atoms with van der Waals surface area (Å²) in [7, 11) is -1.40. The molecule has 1 unspecified atom stereocenters. The first kappa shape index (κ1) is 17.4. The molecule has 1 heteroatoms. The van der Waals surface area contributed by atoms with Gasteiger partial charge in [-0.15, -0.1) is 23.3 Å². The van der Waals surface area contributed by atoms with Crippen molar-refractivity contribution >= 4 is 8.07 Å². The fourth-order valence-corrected chi connectivity index (χ4v) is 3.40. The Balaban J connectivity index is 1.55. The van der Waals surface area contributed by atoms with Crippen molar-refractivity contribution in [2.75, 3.05) is 0 Å². The van der Waals surface area contributed by atoms with Crippen molar-refractivity contribution in [3.05, 3.63) is 11.1 Å². The molecule has 2 rings (SSSR count). The molecule has 0 amide bonds. The van der Waals surface area contributed by atoms with Crippen LogP contribution in [0.5, 0.6) is 0 Å². The van der Waals surface area contributed by atoms with Crippen molar-refractivity contribution in [3.63, 3.8) is 0 Å². The van der Waals surface area contributed by atoms with Gasteiger partial charge in [0.15, 0.2) is 0 Å². The van der Waals surface area contributed by atoms with Crippen LogP contribution >= 0.6 is 0 Å². The van der Waals surface area contributed by atoms with Gasteiger partial charge in [-0.3, -0.25) is 0 Å². The van der Waals surface area contributed by atoms with Crippen LogP contribution in [0, 0.1) is 29.2 Å². The molecule has 0 bridgehead atoms. The lowest BCUT2D eigenvalue weighted by molar-refractivity contribution is 0.730. The third kappa shape index (κ3) is 5.37. The summed E-state index contributed by atoms with van der Waals surface area (Å²) >= 11 is 0. The Labute approximate surface area is 139 Å². The fraction of sp³-hybridized carbons (Fsp3) is 0.714. The number of hydrogen-bond donors (Lipinski definition) is 0. The predicted octanol–water partition coefficient (Wildman–Crippen LogP) is 6.10. The second-order valence-corrected chi connectivity index (χ2v) is 13.5. The number of hydrogen-bond acceptors (Lipinski definition) is 0. The van der Waals surface area contributed by atoms with Crippen molar-refractivity contribution in [3.8, 4) is 23.3 Å². The average Bonchev–Trinajstić information content (AvgIpc) is 3.27. The van der Waals surface area contributed by atoms with Gasteiger partial charge in [0, 0.05) is 19.3 Å². The number of allylic oxidation sites excluding steroid dienone is 2. The lowest BCUT2D eigenvalue weighted by atomic mass is 10.2. The van der Waals surface area contributed by atoms with Gasteiger partial charge in [0.2, 0.25) is 0 Å². The van der Waals surface area contributed by atoms with Crippen molar-refractivity contribution in [2.45, 2.75) is 90.3 Å². The van der Waals surface area contributed by atoms with Gasteiger partial charge in [-0.05, 0) is 43.1 Å². The summed E-state index contributed by atoms with van der Waals surface area (Å²) in [5, 5.41) is 0.372. The summed E-state index contributed by atoms with van der Waals surface area (Å²) in [6, 6.07) is 0.